The molecule has 1 atom stereocenters. The highest BCUT2D eigenvalue weighted by Gasteiger charge is 1.75. The van der Waals surface area contributed by atoms with E-state index < -0.39 is 0 Å². The number of rotatable bonds is 1. The molecule has 0 aromatic rings. The second-order valence-electron chi connectivity index (χ2n) is 1.03. The van der Waals surface area contributed by atoms with Crippen molar-refractivity contribution in [1.82, 2.24) is 0 Å². The van der Waals surface area contributed by atoms with Crippen molar-refractivity contribution in [2.45, 2.75) is 13.0 Å². The monoisotopic (exact) mass is 72.1 g/mol. The molecule has 2 nitrogen and oxygen atoms in total. The third-order valence-electron chi connectivity index (χ3n) is 0.263. The van der Waals surface area contributed by atoms with Crippen molar-refractivity contribution in [1.29, 1.82) is 5.41 Å². The highest BCUT2D eigenvalue weighted by molar-refractivity contribution is 5.59. The molecule has 1 unspecified atom stereocenters. The quantitative estimate of drug-likeness (QED) is 0.420. The first-order valence-corrected chi connectivity index (χ1v) is 1.53. The second kappa shape index (κ2) is 1.91. The number of hydrogen-bond acceptors (Lipinski definition) is 2. The molecule has 0 saturated carbocycles. The molecule has 5 heavy (non-hydrogen) atoms. The lowest BCUT2D eigenvalue weighted by molar-refractivity contribution is 0.989. The van der Waals surface area contributed by atoms with Crippen LogP contribution in [0.3, 0.4) is 0 Å². The molecule has 0 radical (unpaired) electrons. The molecular formula is C3H8N2. The first kappa shape index (κ1) is 4.63. The standard InChI is InChI=1S/C3H8N2/c1-3(5)2-4/h2-4H,5H2,1H3. The highest BCUT2D eigenvalue weighted by atomic mass is 14.6. The summed E-state index contributed by atoms with van der Waals surface area (Å²) in [5.41, 5.74) is 5.05. The number of nitrogens with one attached hydrogen (secondary N) is 1. The van der Waals surface area contributed by atoms with Gasteiger partial charge in [0, 0.05) is 12.3 Å². The van der Waals surface area contributed by atoms with Crippen molar-refractivity contribution in [3.8, 4) is 0 Å². The first-order valence-electron chi connectivity index (χ1n) is 1.53. The van der Waals surface area contributed by atoms with E-state index in [4.69, 9.17) is 11.1 Å². The lowest BCUT2D eigenvalue weighted by atomic mass is 10.4. The molecule has 0 fully saturated rings. The zero-order chi connectivity index (χ0) is 4.28. The Balaban J connectivity index is 2.83. The van der Waals surface area contributed by atoms with Gasteiger partial charge in [-0.1, -0.05) is 0 Å². The van der Waals surface area contributed by atoms with Crippen molar-refractivity contribution >= 4 is 6.21 Å². The largest absolute Gasteiger partial charge is 0.323 e. The zero-order valence-electron chi connectivity index (χ0n) is 3.23. The lowest BCUT2D eigenvalue weighted by Crippen LogP contribution is -2.14. The van der Waals surface area contributed by atoms with Gasteiger partial charge in [0.05, 0.1) is 0 Å². The van der Waals surface area contributed by atoms with Gasteiger partial charge in [-0.25, -0.2) is 0 Å². The van der Waals surface area contributed by atoms with Crippen LogP contribution in [0.15, 0.2) is 0 Å². The maximum absolute atomic E-state index is 6.41. The molecule has 0 spiro atoms. The van der Waals surface area contributed by atoms with E-state index in [2.05, 4.69) is 0 Å². The third kappa shape index (κ3) is 3.63. The molecule has 0 amide bonds. The molecule has 0 aromatic heterocycles. The fourth-order valence-electron chi connectivity index (χ4n) is 0. The minimum Gasteiger partial charge on any atom is -0.323 e. The van der Waals surface area contributed by atoms with Crippen LogP contribution in [0.2, 0.25) is 0 Å². The Kier molecular flexibility index (Phi) is 1.76. The maximum atomic E-state index is 6.41. The van der Waals surface area contributed by atoms with Crippen molar-refractivity contribution in [3.05, 3.63) is 0 Å². The SMILES string of the molecule is CC(N)C=N. The van der Waals surface area contributed by atoms with Gasteiger partial charge >= 0.3 is 0 Å². The van der Waals surface area contributed by atoms with Crippen molar-refractivity contribution in [2.75, 3.05) is 0 Å². The van der Waals surface area contributed by atoms with Crippen LogP contribution in [-0.2, 0) is 0 Å². The van der Waals surface area contributed by atoms with Crippen LogP contribution in [0.1, 0.15) is 6.92 Å². The fraction of sp³-hybridized carbons (Fsp3) is 0.667. The summed E-state index contributed by atoms with van der Waals surface area (Å²) in [6.07, 6.45) is 1.19. The molecule has 0 aliphatic heterocycles. The predicted octanol–water partition coefficient (Wildman–Crippen LogP) is -0.0168. The van der Waals surface area contributed by atoms with Crippen LogP contribution in [-0.4, -0.2) is 12.3 Å². The smallest absolute Gasteiger partial charge is 0.0363 e. The van der Waals surface area contributed by atoms with Crippen molar-refractivity contribution in [2.24, 2.45) is 5.73 Å². The Morgan fingerprint density at radius 2 is 2.20 bits per heavy atom. The van der Waals surface area contributed by atoms with E-state index >= 15 is 0 Å². The molecule has 3 N–H and O–H groups in total. The molecule has 30 valence electrons. The van der Waals surface area contributed by atoms with Crippen LogP contribution in [0.5, 0.6) is 0 Å². The second-order valence-corrected chi connectivity index (χ2v) is 1.03. The predicted molar refractivity (Wildman–Crippen MR) is 22.4 cm³/mol. The van der Waals surface area contributed by atoms with Gasteiger partial charge in [0.1, 0.15) is 0 Å². The summed E-state index contributed by atoms with van der Waals surface area (Å²) in [6.45, 7) is 1.76. The van der Waals surface area contributed by atoms with Crippen LogP contribution in [0, 0.1) is 5.41 Å². The molecule has 0 bridgehead atoms. The Labute approximate surface area is 31.5 Å². The molecule has 0 aliphatic carbocycles. The van der Waals surface area contributed by atoms with E-state index in [9.17, 15) is 0 Å². The molecule has 0 aromatic carbocycles. The average molecular weight is 72.1 g/mol. The number of hydrogen-bond donors (Lipinski definition) is 2. The summed E-state index contributed by atoms with van der Waals surface area (Å²) >= 11 is 0. The molecular weight excluding hydrogens is 64.0 g/mol. The van der Waals surface area contributed by atoms with Crippen LogP contribution in [0.25, 0.3) is 0 Å². The Bertz CT molecular complexity index is 31.9. The first-order chi connectivity index (χ1) is 2.27. The van der Waals surface area contributed by atoms with E-state index in [0.717, 1.165) is 0 Å². The van der Waals surface area contributed by atoms with Crippen LogP contribution in [0.4, 0.5) is 0 Å². The Morgan fingerprint density at radius 1 is 2.00 bits per heavy atom. The van der Waals surface area contributed by atoms with E-state index in [1.807, 2.05) is 0 Å². The van der Waals surface area contributed by atoms with Gasteiger partial charge < -0.3 is 11.1 Å². The molecule has 0 aliphatic rings. The normalized spacial score (nSPS) is 14.0. The summed E-state index contributed by atoms with van der Waals surface area (Å²) in [7, 11) is 0. The summed E-state index contributed by atoms with van der Waals surface area (Å²) < 4.78 is 0. The summed E-state index contributed by atoms with van der Waals surface area (Å²) in [5, 5.41) is 6.41. The summed E-state index contributed by atoms with van der Waals surface area (Å²) in [4.78, 5) is 0. The minimum atomic E-state index is -0.0741. The topological polar surface area (TPSA) is 49.9 Å². The molecule has 0 saturated heterocycles. The maximum Gasteiger partial charge on any atom is 0.0363 e. The van der Waals surface area contributed by atoms with Crippen molar-refractivity contribution < 1.29 is 0 Å². The van der Waals surface area contributed by atoms with Gasteiger partial charge in [0.2, 0.25) is 0 Å². The molecule has 0 rings (SSSR count). The van der Waals surface area contributed by atoms with Gasteiger partial charge in [0.15, 0.2) is 0 Å². The third-order valence-corrected chi connectivity index (χ3v) is 0.263. The van der Waals surface area contributed by atoms with Crippen LogP contribution < -0.4 is 5.73 Å². The van der Waals surface area contributed by atoms with Gasteiger partial charge in [-0.3, -0.25) is 0 Å². The highest BCUT2D eigenvalue weighted by Crippen LogP contribution is 1.56. The van der Waals surface area contributed by atoms with E-state index in [1.165, 1.54) is 6.21 Å². The minimum absolute atomic E-state index is 0.0741. The molecule has 0 heterocycles. The Morgan fingerprint density at radius 3 is 2.20 bits per heavy atom. The molecule has 2 heteroatoms. The summed E-state index contributed by atoms with van der Waals surface area (Å²) in [5.74, 6) is 0. The van der Waals surface area contributed by atoms with E-state index in [-0.39, 0.29) is 6.04 Å². The number of nitrogens with two attached hydrogens (primary N) is 1. The lowest BCUT2D eigenvalue weighted by Gasteiger charge is -1.84. The van der Waals surface area contributed by atoms with Gasteiger partial charge in [0.25, 0.3) is 0 Å². The summed E-state index contributed by atoms with van der Waals surface area (Å²) in [6, 6.07) is -0.0741. The van der Waals surface area contributed by atoms with Gasteiger partial charge in [-0.05, 0) is 6.92 Å². The van der Waals surface area contributed by atoms with E-state index in [0.29, 0.717) is 0 Å². The van der Waals surface area contributed by atoms with E-state index in [1.54, 1.807) is 6.92 Å². The zero-order valence-corrected chi connectivity index (χ0v) is 3.23. The van der Waals surface area contributed by atoms with Gasteiger partial charge in [-0.15, -0.1) is 0 Å². The Hall–Kier alpha value is -0.370. The fourth-order valence-corrected chi connectivity index (χ4v) is 0. The average Bonchev–Trinajstić information content (AvgIpc) is 1.38. The van der Waals surface area contributed by atoms with Crippen molar-refractivity contribution in [3.63, 3.8) is 0 Å². The van der Waals surface area contributed by atoms with Gasteiger partial charge in [-0.2, -0.15) is 0 Å². The van der Waals surface area contributed by atoms with Crippen LogP contribution >= 0.6 is 0 Å².